The topological polar surface area (TPSA) is 80.6 Å². The first-order valence-electron chi connectivity index (χ1n) is 11.6. The summed E-state index contributed by atoms with van der Waals surface area (Å²) in [4.78, 5) is 9.28. The van der Waals surface area contributed by atoms with Gasteiger partial charge in [0.15, 0.2) is 0 Å². The number of benzene rings is 2. The molecule has 4 heterocycles. The third-order valence-electron chi connectivity index (χ3n) is 6.61. The minimum Gasteiger partial charge on any atom is -0.493 e. The van der Waals surface area contributed by atoms with Crippen molar-refractivity contribution in [1.82, 2.24) is 19.1 Å². The molecule has 2 aromatic carbocycles. The van der Waals surface area contributed by atoms with E-state index in [9.17, 15) is 8.60 Å². The fraction of sp³-hybridized carbons (Fsp3) is 0.280. The van der Waals surface area contributed by atoms with E-state index in [1.807, 2.05) is 34.7 Å². The van der Waals surface area contributed by atoms with Crippen LogP contribution in [0, 0.1) is 5.82 Å². The van der Waals surface area contributed by atoms with E-state index < -0.39 is 10.1 Å². The van der Waals surface area contributed by atoms with Crippen molar-refractivity contribution >= 4 is 21.6 Å². The van der Waals surface area contributed by atoms with Crippen LogP contribution in [0.15, 0.2) is 60.0 Å². The number of ether oxygens (including phenoxy) is 1. The van der Waals surface area contributed by atoms with E-state index in [4.69, 9.17) is 4.74 Å². The Kier molecular flexibility index (Phi) is 5.30. The Bertz CT molecular complexity index is 1410. The Morgan fingerprint density at radius 1 is 1.15 bits per heavy atom. The Balaban J connectivity index is 1.45. The van der Waals surface area contributed by atoms with Crippen LogP contribution < -0.4 is 14.8 Å². The summed E-state index contributed by atoms with van der Waals surface area (Å²) in [7, 11) is -2.84. The Morgan fingerprint density at radius 3 is 2.85 bits per heavy atom. The van der Waals surface area contributed by atoms with E-state index in [0.717, 1.165) is 40.8 Å². The molecule has 2 aliphatic rings. The van der Waals surface area contributed by atoms with Gasteiger partial charge in [0.25, 0.3) is 0 Å². The van der Waals surface area contributed by atoms with Gasteiger partial charge in [0, 0.05) is 48.2 Å². The molecule has 0 atom stereocenters. The molecular weight excluding hydrogens is 453 g/mol. The highest BCUT2D eigenvalue weighted by Crippen LogP contribution is 2.34. The molecule has 0 saturated carbocycles. The summed E-state index contributed by atoms with van der Waals surface area (Å²) in [6.45, 7) is 1.54. The Hall–Kier alpha value is -3.30. The second kappa shape index (κ2) is 8.48. The van der Waals surface area contributed by atoms with Crippen molar-refractivity contribution < 1.29 is 13.3 Å². The molecule has 176 valence electrons. The number of hydrogen-bond acceptors (Lipinski definition) is 5. The molecule has 0 spiro atoms. The van der Waals surface area contributed by atoms with Crippen LogP contribution in [0.1, 0.15) is 24.0 Å². The first-order valence-corrected chi connectivity index (χ1v) is 13.5. The predicted molar refractivity (Wildman–Crippen MR) is 131 cm³/mol. The number of imidazole rings is 1. The molecule has 1 fully saturated rings. The standard InChI is InChI=1S/C25H26FN5O2S/c26-21-8-9-22-18(10-12-33-22)20(21)15-28-25-27-14-19(17-6-2-1-3-7-17)23-24(29-16-31(23)25)34(32)13-5-4-11-30-34/h1-3,6-9,14,16,34H,4-5,10-13,15H2,(H,27,28)(H,30,32). The lowest BCUT2D eigenvalue weighted by Gasteiger charge is -2.28. The van der Waals surface area contributed by atoms with Gasteiger partial charge in [0.2, 0.25) is 5.95 Å². The van der Waals surface area contributed by atoms with Crippen molar-refractivity contribution in [2.45, 2.75) is 30.8 Å². The van der Waals surface area contributed by atoms with Gasteiger partial charge in [-0.2, -0.15) is 0 Å². The number of thiol groups is 1. The van der Waals surface area contributed by atoms with Gasteiger partial charge in [-0.3, -0.25) is 13.3 Å². The zero-order valence-electron chi connectivity index (χ0n) is 18.6. The highest BCUT2D eigenvalue weighted by atomic mass is 32.3. The molecule has 34 heavy (non-hydrogen) atoms. The summed E-state index contributed by atoms with van der Waals surface area (Å²) >= 11 is 0. The maximum absolute atomic E-state index is 14.7. The highest BCUT2D eigenvalue weighted by Gasteiger charge is 2.28. The number of nitrogens with zero attached hydrogens (tertiary/aromatic N) is 3. The van der Waals surface area contributed by atoms with Gasteiger partial charge in [0.1, 0.15) is 22.9 Å². The number of rotatable bonds is 5. The SMILES string of the molecule is O=[SH]1(c2ncn3c(NCc4c(F)ccc5c4CCO5)ncc(-c4ccccc4)c23)CCCCN1. The molecule has 0 radical (unpaired) electrons. The molecular formula is C25H26FN5O2S. The molecule has 4 aromatic rings. The first-order chi connectivity index (χ1) is 16.6. The van der Waals surface area contributed by atoms with Crippen molar-refractivity contribution in [1.29, 1.82) is 0 Å². The van der Waals surface area contributed by atoms with Crippen molar-refractivity contribution in [3.63, 3.8) is 0 Å². The van der Waals surface area contributed by atoms with Crippen LogP contribution in [-0.4, -0.2) is 37.5 Å². The number of fused-ring (bicyclic) bond motifs is 2. The molecule has 1 saturated heterocycles. The lowest BCUT2D eigenvalue weighted by molar-refractivity contribution is 0.356. The molecule has 0 bridgehead atoms. The smallest absolute Gasteiger partial charge is 0.209 e. The maximum Gasteiger partial charge on any atom is 0.209 e. The van der Waals surface area contributed by atoms with Gasteiger partial charge in [-0.05, 0) is 40.7 Å². The number of nitrogens with one attached hydrogen (secondary N) is 2. The van der Waals surface area contributed by atoms with E-state index in [0.29, 0.717) is 41.9 Å². The molecule has 0 unspecified atom stereocenters. The van der Waals surface area contributed by atoms with E-state index in [2.05, 4.69) is 20.0 Å². The third kappa shape index (κ3) is 3.56. The van der Waals surface area contributed by atoms with Crippen molar-refractivity contribution in [3.05, 3.63) is 71.9 Å². The lowest BCUT2D eigenvalue weighted by Crippen LogP contribution is -2.39. The largest absolute Gasteiger partial charge is 0.493 e. The van der Waals surface area contributed by atoms with Gasteiger partial charge < -0.3 is 10.1 Å². The van der Waals surface area contributed by atoms with Crippen molar-refractivity contribution in [2.24, 2.45) is 0 Å². The van der Waals surface area contributed by atoms with Crippen LogP contribution in [-0.2, 0) is 23.1 Å². The molecule has 2 aromatic heterocycles. The van der Waals surface area contributed by atoms with E-state index in [1.54, 1.807) is 18.6 Å². The Labute approximate surface area is 198 Å². The van der Waals surface area contributed by atoms with Gasteiger partial charge in [-0.25, -0.2) is 14.4 Å². The van der Waals surface area contributed by atoms with Gasteiger partial charge >= 0.3 is 0 Å². The number of halogens is 1. The van der Waals surface area contributed by atoms with E-state index >= 15 is 0 Å². The van der Waals surface area contributed by atoms with Crippen LogP contribution in [0.5, 0.6) is 5.75 Å². The molecule has 7 nitrogen and oxygen atoms in total. The van der Waals surface area contributed by atoms with Crippen LogP contribution in [0.2, 0.25) is 0 Å². The third-order valence-corrected chi connectivity index (χ3v) is 9.30. The molecule has 0 aliphatic carbocycles. The van der Waals surface area contributed by atoms with Crippen LogP contribution in [0.25, 0.3) is 16.6 Å². The second-order valence-electron chi connectivity index (χ2n) is 8.68. The van der Waals surface area contributed by atoms with Crippen molar-refractivity contribution in [3.8, 4) is 16.9 Å². The van der Waals surface area contributed by atoms with Gasteiger partial charge in [-0.15, -0.1) is 0 Å². The molecule has 6 rings (SSSR count). The normalized spacial score (nSPS) is 17.8. The second-order valence-corrected chi connectivity index (χ2v) is 11.3. The summed E-state index contributed by atoms with van der Waals surface area (Å²) in [6.07, 6.45) is 6.04. The van der Waals surface area contributed by atoms with Crippen molar-refractivity contribution in [2.75, 3.05) is 24.2 Å². The zero-order valence-corrected chi connectivity index (χ0v) is 19.5. The quantitative estimate of drug-likeness (QED) is 0.380. The minimum absolute atomic E-state index is 0.259. The van der Waals surface area contributed by atoms with E-state index in [1.165, 1.54) is 6.07 Å². The molecule has 9 heteroatoms. The maximum atomic E-state index is 14.7. The van der Waals surface area contributed by atoms with Gasteiger partial charge in [0.05, 0.1) is 12.1 Å². The van der Waals surface area contributed by atoms with Gasteiger partial charge in [-0.1, -0.05) is 30.3 Å². The number of hydrogen-bond donors (Lipinski definition) is 3. The van der Waals surface area contributed by atoms with Crippen LogP contribution in [0.3, 0.4) is 0 Å². The molecule has 2 aliphatic heterocycles. The monoisotopic (exact) mass is 479 g/mol. The Morgan fingerprint density at radius 2 is 2.03 bits per heavy atom. The molecule has 2 N–H and O–H groups in total. The summed E-state index contributed by atoms with van der Waals surface area (Å²) < 4.78 is 39.2. The highest BCUT2D eigenvalue weighted by molar-refractivity contribution is 8.01. The van der Waals surface area contributed by atoms with Crippen LogP contribution in [0.4, 0.5) is 10.3 Å². The minimum atomic E-state index is -2.84. The lowest BCUT2D eigenvalue weighted by atomic mass is 10.0. The summed E-state index contributed by atoms with van der Waals surface area (Å²) in [5.41, 5.74) is 4.08. The zero-order chi connectivity index (χ0) is 23.1. The predicted octanol–water partition coefficient (Wildman–Crippen LogP) is 3.76. The fourth-order valence-electron chi connectivity index (χ4n) is 4.88. The van der Waals surface area contributed by atoms with E-state index in [-0.39, 0.29) is 12.4 Å². The number of anilines is 1. The fourth-order valence-corrected chi connectivity index (χ4v) is 7.39. The average molecular weight is 480 g/mol. The number of aromatic nitrogens is 3. The summed E-state index contributed by atoms with van der Waals surface area (Å²) in [5, 5.41) is 3.87. The first kappa shape index (κ1) is 21.2. The summed E-state index contributed by atoms with van der Waals surface area (Å²) in [5.74, 6) is 1.58. The van der Waals surface area contributed by atoms with Crippen LogP contribution >= 0.6 is 0 Å². The molecule has 0 amide bonds. The average Bonchev–Trinajstić information content (AvgIpc) is 3.53. The summed E-state index contributed by atoms with van der Waals surface area (Å²) in [6, 6.07) is 13.0.